The van der Waals surface area contributed by atoms with Gasteiger partial charge in [-0.3, -0.25) is 0 Å². The van der Waals surface area contributed by atoms with E-state index in [4.69, 9.17) is 4.74 Å². The summed E-state index contributed by atoms with van der Waals surface area (Å²) in [5.41, 5.74) is -1.82. The van der Waals surface area contributed by atoms with Crippen molar-refractivity contribution in [2.24, 2.45) is 29.6 Å². The van der Waals surface area contributed by atoms with Gasteiger partial charge in [0.25, 0.3) is 0 Å². The molecule has 1 nitrogen and oxygen atoms in total. The van der Waals surface area contributed by atoms with Crippen LogP contribution in [-0.2, 0) is 4.74 Å². The largest absolute Gasteiger partial charge is 0.417 e. The van der Waals surface area contributed by atoms with E-state index in [2.05, 4.69) is 0 Å². The summed E-state index contributed by atoms with van der Waals surface area (Å²) >= 11 is 0. The lowest BCUT2D eigenvalue weighted by molar-refractivity contribution is -0.286. The molecule has 14 heavy (non-hydrogen) atoms. The Balaban J connectivity index is 1.80. The maximum Gasteiger partial charge on any atom is 0.417 e. The Labute approximate surface area is 79.6 Å². The molecule has 0 N–H and O–H groups in total. The monoisotopic (exact) mass is 204 g/mol. The number of hydrogen-bond donors (Lipinski definition) is 0. The molecule has 0 aromatic heterocycles. The highest BCUT2D eigenvalue weighted by Crippen LogP contribution is 2.81. The van der Waals surface area contributed by atoms with Gasteiger partial charge in [0, 0.05) is 5.92 Å². The number of rotatable bonds is 0. The lowest BCUT2D eigenvalue weighted by Gasteiger charge is -2.35. The second kappa shape index (κ2) is 1.75. The highest BCUT2D eigenvalue weighted by Gasteiger charge is 2.85. The Morgan fingerprint density at radius 1 is 1.21 bits per heavy atom. The Bertz CT molecular complexity index is 326. The third kappa shape index (κ3) is 0.549. The Kier molecular flexibility index (Phi) is 0.994. The van der Waals surface area contributed by atoms with Crippen LogP contribution >= 0.6 is 0 Å². The van der Waals surface area contributed by atoms with Gasteiger partial charge in [0.05, 0.1) is 6.10 Å². The number of halogens is 3. The molecule has 0 spiro atoms. The van der Waals surface area contributed by atoms with Crippen molar-refractivity contribution in [2.75, 3.05) is 0 Å². The number of alkyl halides is 3. The predicted octanol–water partition coefficient (Wildman–Crippen LogP) is 2.22. The van der Waals surface area contributed by atoms with Crippen molar-refractivity contribution in [3.8, 4) is 0 Å². The molecule has 7 atom stereocenters. The number of hydrogen-bond acceptors (Lipinski definition) is 1. The molecule has 0 radical (unpaired) electrons. The van der Waals surface area contributed by atoms with E-state index in [1.807, 2.05) is 0 Å². The maximum atomic E-state index is 12.9. The third-order valence-corrected chi connectivity index (χ3v) is 5.09. The zero-order valence-corrected chi connectivity index (χ0v) is 7.71. The molecule has 6 bridgehead atoms. The Hall–Kier alpha value is -0.250. The second-order valence-electron chi connectivity index (χ2n) is 5.43. The van der Waals surface area contributed by atoms with Gasteiger partial charge in [-0.15, -0.1) is 0 Å². The molecule has 5 unspecified atom stereocenters. The van der Waals surface area contributed by atoms with Crippen LogP contribution in [0, 0.1) is 29.6 Å². The average Bonchev–Trinajstić information content (AvgIpc) is 2.47. The molecule has 78 valence electrons. The van der Waals surface area contributed by atoms with E-state index in [1.54, 1.807) is 0 Å². The fraction of sp³-hybridized carbons (Fsp3) is 1.00. The molecule has 4 saturated carbocycles. The van der Waals surface area contributed by atoms with Crippen molar-refractivity contribution in [1.82, 2.24) is 0 Å². The SMILES string of the molecule is CC1(C(F)(F)F)OC2C3C4C1[C@@H]2C[C@@H]34. The summed E-state index contributed by atoms with van der Waals surface area (Å²) in [6, 6.07) is 0. The normalized spacial score (nSPS) is 67.7. The Morgan fingerprint density at radius 2 is 1.93 bits per heavy atom. The van der Waals surface area contributed by atoms with E-state index in [1.165, 1.54) is 6.92 Å². The fourth-order valence-electron chi connectivity index (χ4n) is 4.64. The van der Waals surface area contributed by atoms with Crippen LogP contribution in [0.1, 0.15) is 13.3 Å². The molecule has 4 aliphatic carbocycles. The van der Waals surface area contributed by atoms with Gasteiger partial charge < -0.3 is 4.74 Å². The topological polar surface area (TPSA) is 9.23 Å². The standard InChI is InChI=1S/C10H11F3O/c1-9(10(11,12)13)7-4-2-3-5(7)6(3)8(4)14-9/h3-8H,2H2,1H3/t3-,4+,5?,6?,7?,8?,9?/m1/s1. The van der Waals surface area contributed by atoms with E-state index in [0.717, 1.165) is 6.42 Å². The first kappa shape index (κ1) is 7.97. The first-order valence-electron chi connectivity index (χ1n) is 5.20. The summed E-state index contributed by atoms with van der Waals surface area (Å²) in [6.07, 6.45) is -3.25. The molecule has 0 amide bonds. The Morgan fingerprint density at radius 3 is 2.36 bits per heavy atom. The van der Waals surface area contributed by atoms with Gasteiger partial charge in [0.2, 0.25) is 0 Å². The smallest absolute Gasteiger partial charge is 0.362 e. The fourth-order valence-corrected chi connectivity index (χ4v) is 4.64. The van der Waals surface area contributed by atoms with E-state index in [9.17, 15) is 13.2 Å². The van der Waals surface area contributed by atoms with Crippen LogP contribution in [0.4, 0.5) is 13.2 Å². The molecule has 5 fully saturated rings. The zero-order chi connectivity index (χ0) is 9.88. The summed E-state index contributed by atoms with van der Waals surface area (Å²) in [6.45, 7) is 1.25. The summed E-state index contributed by atoms with van der Waals surface area (Å²) < 4.78 is 43.9. The molecule has 1 heterocycles. The van der Waals surface area contributed by atoms with E-state index >= 15 is 0 Å². The van der Waals surface area contributed by atoms with Crippen molar-refractivity contribution in [1.29, 1.82) is 0 Å². The molecule has 1 saturated heterocycles. The first-order valence-corrected chi connectivity index (χ1v) is 5.20. The van der Waals surface area contributed by atoms with Crippen LogP contribution in [0.25, 0.3) is 0 Å². The van der Waals surface area contributed by atoms with Gasteiger partial charge in [0.1, 0.15) is 0 Å². The molecule has 0 aromatic carbocycles. The quantitative estimate of drug-likeness (QED) is 0.588. The lowest BCUT2D eigenvalue weighted by Crippen LogP contribution is -2.49. The first-order chi connectivity index (χ1) is 6.45. The van der Waals surface area contributed by atoms with Gasteiger partial charge >= 0.3 is 6.18 Å². The van der Waals surface area contributed by atoms with Gasteiger partial charge in [-0.2, -0.15) is 13.2 Å². The van der Waals surface area contributed by atoms with Gasteiger partial charge in [-0.1, -0.05) is 0 Å². The molecular formula is C10H11F3O. The van der Waals surface area contributed by atoms with Crippen molar-refractivity contribution in [3.63, 3.8) is 0 Å². The van der Waals surface area contributed by atoms with E-state index < -0.39 is 11.8 Å². The molecular weight excluding hydrogens is 193 g/mol. The second-order valence-corrected chi connectivity index (χ2v) is 5.43. The van der Waals surface area contributed by atoms with Crippen LogP contribution < -0.4 is 0 Å². The van der Waals surface area contributed by atoms with Crippen LogP contribution in [0.5, 0.6) is 0 Å². The highest BCUT2D eigenvalue weighted by atomic mass is 19.4. The van der Waals surface area contributed by atoms with Crippen molar-refractivity contribution in [2.45, 2.75) is 31.2 Å². The molecule has 1 aliphatic heterocycles. The average molecular weight is 204 g/mol. The van der Waals surface area contributed by atoms with Gasteiger partial charge in [0.15, 0.2) is 5.60 Å². The van der Waals surface area contributed by atoms with E-state index in [-0.39, 0.29) is 17.9 Å². The predicted molar refractivity (Wildman–Crippen MR) is 41.4 cm³/mol. The minimum atomic E-state index is -4.19. The summed E-state index contributed by atoms with van der Waals surface area (Å²) in [5, 5.41) is 0. The maximum absolute atomic E-state index is 12.9. The van der Waals surface area contributed by atoms with Crippen molar-refractivity contribution < 1.29 is 17.9 Å². The van der Waals surface area contributed by atoms with E-state index in [0.29, 0.717) is 17.8 Å². The lowest BCUT2D eigenvalue weighted by atomic mass is 9.83. The van der Waals surface area contributed by atoms with Crippen LogP contribution in [0.15, 0.2) is 0 Å². The molecule has 5 aliphatic rings. The van der Waals surface area contributed by atoms with Gasteiger partial charge in [-0.25, -0.2) is 0 Å². The minimum Gasteiger partial charge on any atom is -0.362 e. The molecule has 4 heteroatoms. The van der Waals surface area contributed by atoms with Crippen LogP contribution in [0.2, 0.25) is 0 Å². The summed E-state index contributed by atoms with van der Waals surface area (Å²) in [7, 11) is 0. The zero-order valence-electron chi connectivity index (χ0n) is 7.71. The highest BCUT2D eigenvalue weighted by molar-refractivity contribution is 5.29. The molecule has 5 rings (SSSR count). The molecule has 0 aromatic rings. The minimum absolute atomic E-state index is 0.0541. The summed E-state index contributed by atoms with van der Waals surface area (Å²) in [4.78, 5) is 0. The number of ether oxygens (including phenoxy) is 1. The summed E-state index contributed by atoms with van der Waals surface area (Å²) in [5.74, 6) is 1.44. The van der Waals surface area contributed by atoms with Crippen molar-refractivity contribution >= 4 is 0 Å². The van der Waals surface area contributed by atoms with Crippen molar-refractivity contribution in [3.05, 3.63) is 0 Å². The van der Waals surface area contributed by atoms with Crippen LogP contribution in [0.3, 0.4) is 0 Å². The van der Waals surface area contributed by atoms with Crippen LogP contribution in [-0.4, -0.2) is 17.9 Å². The third-order valence-electron chi connectivity index (χ3n) is 5.09. The van der Waals surface area contributed by atoms with Gasteiger partial charge in [-0.05, 0) is 37.0 Å².